The first kappa shape index (κ1) is 15.1. The lowest BCUT2D eigenvalue weighted by Gasteiger charge is -2.27. The maximum atomic E-state index is 10.6. The number of methoxy groups -OCH3 is 1. The van der Waals surface area contributed by atoms with Crippen molar-refractivity contribution in [2.75, 3.05) is 20.3 Å². The molecule has 104 valence electrons. The highest BCUT2D eigenvalue weighted by atomic mass is 16.5. The van der Waals surface area contributed by atoms with Crippen LogP contribution in [0.3, 0.4) is 0 Å². The molecule has 0 aromatic carbocycles. The van der Waals surface area contributed by atoms with Gasteiger partial charge in [0, 0.05) is 32.5 Å². The quantitative estimate of drug-likeness (QED) is 0.689. The Balaban J connectivity index is 2.72. The number of aliphatic hydroxyl groups is 1. The van der Waals surface area contributed by atoms with Crippen LogP contribution in [0.2, 0.25) is 0 Å². The monoisotopic (exact) mass is 255 g/mol. The van der Waals surface area contributed by atoms with Crippen LogP contribution in [0.15, 0.2) is 12.4 Å². The first-order valence-electron chi connectivity index (χ1n) is 6.56. The van der Waals surface area contributed by atoms with Gasteiger partial charge in [0.15, 0.2) is 0 Å². The molecule has 1 atom stereocenters. The standard InChI is InChI=1S/C13H25N3O2/c1-3-8-16-9-7-15-12(16)10-13(17,11-18-2)5-4-6-14/h7,9,17H,3-6,8,10-11,14H2,1-2H3. The minimum atomic E-state index is -0.870. The molecule has 0 bridgehead atoms. The minimum Gasteiger partial charge on any atom is -0.387 e. The number of nitrogens with zero attached hydrogens (tertiary/aromatic N) is 2. The number of rotatable bonds is 9. The fraction of sp³-hybridized carbons (Fsp3) is 0.769. The number of hydrogen-bond donors (Lipinski definition) is 2. The van der Waals surface area contributed by atoms with Gasteiger partial charge in [0.05, 0.1) is 12.2 Å². The second-order valence-corrected chi connectivity index (χ2v) is 4.76. The summed E-state index contributed by atoms with van der Waals surface area (Å²) in [4.78, 5) is 4.33. The zero-order chi connectivity index (χ0) is 13.4. The van der Waals surface area contributed by atoms with E-state index in [-0.39, 0.29) is 0 Å². The van der Waals surface area contributed by atoms with Crippen molar-refractivity contribution in [1.29, 1.82) is 0 Å². The van der Waals surface area contributed by atoms with E-state index in [1.807, 2.05) is 6.20 Å². The molecule has 1 heterocycles. The van der Waals surface area contributed by atoms with E-state index in [4.69, 9.17) is 10.5 Å². The van der Waals surface area contributed by atoms with E-state index in [2.05, 4.69) is 16.5 Å². The van der Waals surface area contributed by atoms with Gasteiger partial charge in [0.2, 0.25) is 0 Å². The van der Waals surface area contributed by atoms with Crippen LogP contribution in [0, 0.1) is 0 Å². The molecule has 5 nitrogen and oxygen atoms in total. The molecule has 3 N–H and O–H groups in total. The predicted molar refractivity (Wildman–Crippen MR) is 71.3 cm³/mol. The highest BCUT2D eigenvalue weighted by Crippen LogP contribution is 2.19. The van der Waals surface area contributed by atoms with Crippen molar-refractivity contribution in [3.63, 3.8) is 0 Å². The lowest BCUT2D eigenvalue weighted by Crippen LogP contribution is -2.38. The minimum absolute atomic E-state index is 0.311. The van der Waals surface area contributed by atoms with E-state index in [1.165, 1.54) is 0 Å². The molecule has 0 aliphatic carbocycles. The van der Waals surface area contributed by atoms with Gasteiger partial charge in [0.25, 0.3) is 0 Å². The van der Waals surface area contributed by atoms with E-state index < -0.39 is 5.60 Å². The molecule has 0 saturated heterocycles. The van der Waals surface area contributed by atoms with Crippen LogP contribution < -0.4 is 5.73 Å². The van der Waals surface area contributed by atoms with Crippen molar-refractivity contribution in [3.05, 3.63) is 18.2 Å². The van der Waals surface area contributed by atoms with Crippen LogP contribution in [0.25, 0.3) is 0 Å². The number of hydrogen-bond acceptors (Lipinski definition) is 4. The molecular formula is C13H25N3O2. The number of aromatic nitrogens is 2. The van der Waals surface area contributed by atoms with Gasteiger partial charge in [-0.15, -0.1) is 0 Å². The Labute approximate surface area is 109 Å². The molecule has 1 unspecified atom stereocenters. The molecule has 0 radical (unpaired) electrons. The van der Waals surface area contributed by atoms with Crippen molar-refractivity contribution in [2.45, 2.75) is 44.8 Å². The Morgan fingerprint density at radius 3 is 2.94 bits per heavy atom. The SMILES string of the molecule is CCCn1ccnc1CC(O)(CCCN)COC. The zero-order valence-corrected chi connectivity index (χ0v) is 11.4. The third-order valence-corrected chi connectivity index (χ3v) is 3.01. The van der Waals surface area contributed by atoms with Crippen molar-refractivity contribution in [1.82, 2.24) is 9.55 Å². The maximum absolute atomic E-state index is 10.6. The second kappa shape index (κ2) is 7.51. The Hall–Kier alpha value is -0.910. The van der Waals surface area contributed by atoms with Gasteiger partial charge in [-0.1, -0.05) is 6.92 Å². The lowest BCUT2D eigenvalue weighted by molar-refractivity contribution is -0.0393. The van der Waals surface area contributed by atoms with Gasteiger partial charge in [0.1, 0.15) is 5.82 Å². The molecule has 1 aromatic rings. The van der Waals surface area contributed by atoms with Gasteiger partial charge < -0.3 is 20.1 Å². The summed E-state index contributed by atoms with van der Waals surface area (Å²) >= 11 is 0. The number of ether oxygens (including phenoxy) is 1. The average molecular weight is 255 g/mol. The second-order valence-electron chi connectivity index (χ2n) is 4.76. The average Bonchev–Trinajstić information content (AvgIpc) is 2.75. The topological polar surface area (TPSA) is 73.3 Å². The van der Waals surface area contributed by atoms with Gasteiger partial charge >= 0.3 is 0 Å². The van der Waals surface area contributed by atoms with Crippen molar-refractivity contribution < 1.29 is 9.84 Å². The van der Waals surface area contributed by atoms with Gasteiger partial charge in [-0.3, -0.25) is 0 Å². The zero-order valence-electron chi connectivity index (χ0n) is 11.4. The van der Waals surface area contributed by atoms with Crippen molar-refractivity contribution >= 4 is 0 Å². The molecule has 1 aromatic heterocycles. The Morgan fingerprint density at radius 2 is 2.33 bits per heavy atom. The highest BCUT2D eigenvalue weighted by molar-refractivity contribution is 4.99. The van der Waals surface area contributed by atoms with E-state index in [0.717, 1.165) is 25.2 Å². The molecule has 0 amide bonds. The van der Waals surface area contributed by atoms with Crippen LogP contribution in [0.5, 0.6) is 0 Å². The molecule has 0 spiro atoms. The molecule has 0 fully saturated rings. The van der Waals surface area contributed by atoms with E-state index in [9.17, 15) is 5.11 Å². The molecule has 0 aliphatic rings. The predicted octanol–water partition coefficient (Wildman–Crippen LogP) is 0.952. The molecule has 18 heavy (non-hydrogen) atoms. The fourth-order valence-corrected chi connectivity index (χ4v) is 2.16. The lowest BCUT2D eigenvalue weighted by atomic mass is 9.94. The summed E-state index contributed by atoms with van der Waals surface area (Å²) in [6.07, 6.45) is 6.71. The van der Waals surface area contributed by atoms with Crippen LogP contribution in [-0.2, 0) is 17.7 Å². The summed E-state index contributed by atoms with van der Waals surface area (Å²) in [7, 11) is 1.60. The van der Waals surface area contributed by atoms with Crippen molar-refractivity contribution in [2.24, 2.45) is 5.73 Å². The molecule has 0 saturated carbocycles. The maximum Gasteiger partial charge on any atom is 0.111 e. The third-order valence-electron chi connectivity index (χ3n) is 3.01. The van der Waals surface area contributed by atoms with Crippen LogP contribution in [0.1, 0.15) is 32.0 Å². The van der Waals surface area contributed by atoms with Crippen molar-refractivity contribution in [3.8, 4) is 0 Å². The molecule has 5 heteroatoms. The van der Waals surface area contributed by atoms with E-state index in [0.29, 0.717) is 26.0 Å². The van der Waals surface area contributed by atoms with Gasteiger partial charge in [-0.2, -0.15) is 0 Å². The fourth-order valence-electron chi connectivity index (χ4n) is 2.16. The van der Waals surface area contributed by atoms with E-state index >= 15 is 0 Å². The van der Waals surface area contributed by atoms with E-state index in [1.54, 1.807) is 13.3 Å². The normalized spacial score (nSPS) is 14.7. The number of aryl methyl sites for hydroxylation is 1. The smallest absolute Gasteiger partial charge is 0.111 e. The number of imidazole rings is 1. The van der Waals surface area contributed by atoms with Crippen LogP contribution >= 0.6 is 0 Å². The first-order valence-corrected chi connectivity index (χ1v) is 6.56. The summed E-state index contributed by atoms with van der Waals surface area (Å²) in [6.45, 7) is 3.94. The Morgan fingerprint density at radius 1 is 1.56 bits per heavy atom. The Kier molecular flexibility index (Phi) is 6.32. The highest BCUT2D eigenvalue weighted by Gasteiger charge is 2.28. The molecular weight excluding hydrogens is 230 g/mol. The molecule has 0 aliphatic heterocycles. The summed E-state index contributed by atoms with van der Waals surface area (Å²) in [6, 6.07) is 0. The third kappa shape index (κ3) is 4.40. The molecule has 1 rings (SSSR count). The van der Waals surface area contributed by atoms with Crippen LogP contribution in [0.4, 0.5) is 0 Å². The largest absolute Gasteiger partial charge is 0.387 e. The summed E-state index contributed by atoms with van der Waals surface area (Å²) in [5.74, 6) is 0.911. The van der Waals surface area contributed by atoms with Gasteiger partial charge in [-0.05, 0) is 25.8 Å². The summed E-state index contributed by atoms with van der Waals surface area (Å²) in [5, 5.41) is 10.6. The number of nitrogens with two attached hydrogens (primary N) is 1. The Bertz CT molecular complexity index is 341. The first-order chi connectivity index (χ1) is 8.65. The van der Waals surface area contributed by atoms with Crippen LogP contribution in [-0.4, -0.2) is 40.5 Å². The van der Waals surface area contributed by atoms with Gasteiger partial charge in [-0.25, -0.2) is 4.98 Å². The summed E-state index contributed by atoms with van der Waals surface area (Å²) < 4.78 is 7.21. The summed E-state index contributed by atoms with van der Waals surface area (Å²) in [5.41, 5.74) is 4.64.